The number of hydrogen-bond donors (Lipinski definition) is 1. The van der Waals surface area contributed by atoms with Gasteiger partial charge in [-0.05, 0) is 71.1 Å². The molecule has 1 aromatic rings. The van der Waals surface area contributed by atoms with Crippen molar-refractivity contribution >= 4 is 0 Å². The Morgan fingerprint density at radius 3 is 2.47 bits per heavy atom. The van der Waals surface area contributed by atoms with E-state index in [1.54, 1.807) is 0 Å². The first-order valence-electron chi connectivity index (χ1n) is 6.46. The normalized spacial score (nSPS) is 13.1. The van der Waals surface area contributed by atoms with Crippen LogP contribution in [0.2, 0.25) is 0 Å². The van der Waals surface area contributed by atoms with E-state index in [0.29, 0.717) is 6.04 Å². The van der Waals surface area contributed by atoms with Crippen LogP contribution >= 0.6 is 0 Å². The zero-order valence-electron chi connectivity index (χ0n) is 11.9. The number of aryl methyl sites for hydroxylation is 2. The third-order valence-corrected chi connectivity index (χ3v) is 3.26. The van der Waals surface area contributed by atoms with E-state index in [-0.39, 0.29) is 0 Å². The maximum Gasteiger partial charge on any atom is 0.0291 e. The van der Waals surface area contributed by atoms with Crippen LogP contribution in [0.15, 0.2) is 18.2 Å². The molecule has 17 heavy (non-hydrogen) atoms. The maximum atomic E-state index is 3.57. The van der Waals surface area contributed by atoms with Gasteiger partial charge in [-0.2, -0.15) is 0 Å². The maximum absolute atomic E-state index is 3.57. The molecule has 0 aliphatic heterocycles. The van der Waals surface area contributed by atoms with Crippen LogP contribution in [0.4, 0.5) is 0 Å². The molecule has 0 aromatic heterocycles. The highest BCUT2D eigenvalue weighted by Crippen LogP contribution is 2.16. The molecule has 0 aliphatic rings. The standard InChI is InChI=1S/C15H26N2/c1-12-7-8-15(11-13(12)2)14(3)16-9-6-10-17(4)5/h7-8,11,14,16H,6,9-10H2,1-5H3. The molecule has 0 heterocycles. The summed E-state index contributed by atoms with van der Waals surface area (Å²) in [6.45, 7) is 8.80. The summed E-state index contributed by atoms with van der Waals surface area (Å²) in [6.07, 6.45) is 1.20. The minimum absolute atomic E-state index is 0.441. The van der Waals surface area contributed by atoms with Crippen molar-refractivity contribution in [2.24, 2.45) is 0 Å². The summed E-state index contributed by atoms with van der Waals surface area (Å²) >= 11 is 0. The molecule has 0 amide bonds. The van der Waals surface area contributed by atoms with E-state index in [9.17, 15) is 0 Å². The number of nitrogens with one attached hydrogen (secondary N) is 1. The van der Waals surface area contributed by atoms with Crippen molar-refractivity contribution in [2.45, 2.75) is 33.2 Å². The van der Waals surface area contributed by atoms with Gasteiger partial charge in [-0.3, -0.25) is 0 Å². The van der Waals surface area contributed by atoms with Gasteiger partial charge in [-0.15, -0.1) is 0 Å². The highest BCUT2D eigenvalue weighted by Gasteiger charge is 2.05. The van der Waals surface area contributed by atoms with E-state index >= 15 is 0 Å². The molecule has 0 radical (unpaired) electrons. The molecule has 0 spiro atoms. The van der Waals surface area contributed by atoms with E-state index in [4.69, 9.17) is 0 Å². The molecule has 1 aromatic carbocycles. The Morgan fingerprint density at radius 1 is 1.18 bits per heavy atom. The highest BCUT2D eigenvalue weighted by atomic mass is 15.1. The first-order chi connectivity index (χ1) is 8.00. The van der Waals surface area contributed by atoms with Gasteiger partial charge >= 0.3 is 0 Å². The van der Waals surface area contributed by atoms with Crippen molar-refractivity contribution in [1.29, 1.82) is 0 Å². The van der Waals surface area contributed by atoms with Crippen LogP contribution in [0.3, 0.4) is 0 Å². The number of hydrogen-bond acceptors (Lipinski definition) is 2. The molecule has 0 saturated carbocycles. The molecule has 0 aliphatic carbocycles. The summed E-state index contributed by atoms with van der Waals surface area (Å²) < 4.78 is 0. The first-order valence-corrected chi connectivity index (χ1v) is 6.46. The topological polar surface area (TPSA) is 15.3 Å². The van der Waals surface area contributed by atoms with Gasteiger partial charge in [0.15, 0.2) is 0 Å². The Labute approximate surface area is 106 Å². The fourth-order valence-electron chi connectivity index (χ4n) is 1.87. The predicted octanol–water partition coefficient (Wildman–Crippen LogP) is 2.91. The van der Waals surface area contributed by atoms with Crippen molar-refractivity contribution in [3.8, 4) is 0 Å². The second-order valence-corrected chi connectivity index (χ2v) is 5.18. The van der Waals surface area contributed by atoms with Gasteiger partial charge in [0.05, 0.1) is 0 Å². The van der Waals surface area contributed by atoms with E-state index in [0.717, 1.165) is 13.1 Å². The molecule has 0 saturated heterocycles. The van der Waals surface area contributed by atoms with Crippen LogP contribution in [0.25, 0.3) is 0 Å². The lowest BCUT2D eigenvalue weighted by Gasteiger charge is -2.16. The van der Waals surface area contributed by atoms with Crippen molar-refractivity contribution in [3.63, 3.8) is 0 Å². The van der Waals surface area contributed by atoms with Gasteiger partial charge in [-0.1, -0.05) is 18.2 Å². The fourth-order valence-corrected chi connectivity index (χ4v) is 1.87. The molecule has 1 N–H and O–H groups in total. The number of rotatable bonds is 6. The molecule has 2 nitrogen and oxygen atoms in total. The third kappa shape index (κ3) is 4.88. The molecule has 1 atom stereocenters. The van der Waals surface area contributed by atoms with Gasteiger partial charge in [-0.25, -0.2) is 0 Å². The third-order valence-electron chi connectivity index (χ3n) is 3.26. The summed E-state index contributed by atoms with van der Waals surface area (Å²) in [5, 5.41) is 3.57. The average molecular weight is 234 g/mol. The Hall–Kier alpha value is -0.860. The molecule has 1 unspecified atom stereocenters. The molecular weight excluding hydrogens is 208 g/mol. The Morgan fingerprint density at radius 2 is 1.88 bits per heavy atom. The summed E-state index contributed by atoms with van der Waals surface area (Å²) in [4.78, 5) is 2.22. The molecule has 96 valence electrons. The predicted molar refractivity (Wildman–Crippen MR) is 75.5 cm³/mol. The summed E-state index contributed by atoms with van der Waals surface area (Å²) in [5.41, 5.74) is 4.14. The molecule has 0 bridgehead atoms. The molecule has 0 fully saturated rings. The lowest BCUT2D eigenvalue weighted by Crippen LogP contribution is -2.23. The van der Waals surface area contributed by atoms with Gasteiger partial charge < -0.3 is 10.2 Å². The molecule has 1 rings (SSSR count). The van der Waals surface area contributed by atoms with Crippen molar-refractivity contribution in [1.82, 2.24) is 10.2 Å². The lowest BCUT2D eigenvalue weighted by molar-refractivity contribution is 0.389. The van der Waals surface area contributed by atoms with E-state index in [1.165, 1.54) is 23.1 Å². The highest BCUT2D eigenvalue weighted by molar-refractivity contribution is 5.31. The first kappa shape index (κ1) is 14.2. The lowest BCUT2D eigenvalue weighted by atomic mass is 10.0. The van der Waals surface area contributed by atoms with Crippen molar-refractivity contribution in [2.75, 3.05) is 27.2 Å². The van der Waals surface area contributed by atoms with Gasteiger partial charge in [0.25, 0.3) is 0 Å². The minimum Gasteiger partial charge on any atom is -0.310 e. The van der Waals surface area contributed by atoms with Crippen LogP contribution in [-0.2, 0) is 0 Å². The van der Waals surface area contributed by atoms with Crippen LogP contribution in [0, 0.1) is 13.8 Å². The van der Waals surface area contributed by atoms with Crippen molar-refractivity contribution < 1.29 is 0 Å². The summed E-state index contributed by atoms with van der Waals surface area (Å²) in [6, 6.07) is 7.17. The quantitative estimate of drug-likeness (QED) is 0.761. The zero-order chi connectivity index (χ0) is 12.8. The largest absolute Gasteiger partial charge is 0.310 e. The van der Waals surface area contributed by atoms with E-state index in [2.05, 4.69) is 63.3 Å². The Balaban J connectivity index is 2.41. The Kier molecular flexibility index (Phi) is 5.66. The SMILES string of the molecule is Cc1ccc(C(C)NCCCN(C)C)cc1C. The van der Waals surface area contributed by atoms with Crippen LogP contribution in [0.5, 0.6) is 0 Å². The van der Waals surface area contributed by atoms with Crippen LogP contribution in [-0.4, -0.2) is 32.1 Å². The van der Waals surface area contributed by atoms with Gasteiger partial charge in [0.2, 0.25) is 0 Å². The Bertz CT molecular complexity index is 345. The summed E-state index contributed by atoms with van der Waals surface area (Å²) in [5.74, 6) is 0. The minimum atomic E-state index is 0.441. The monoisotopic (exact) mass is 234 g/mol. The zero-order valence-corrected chi connectivity index (χ0v) is 11.9. The smallest absolute Gasteiger partial charge is 0.0291 e. The van der Waals surface area contributed by atoms with E-state index < -0.39 is 0 Å². The number of nitrogens with zero attached hydrogens (tertiary/aromatic N) is 1. The molecular formula is C15H26N2. The molecule has 2 heteroatoms. The second kappa shape index (κ2) is 6.77. The summed E-state index contributed by atoms with van der Waals surface area (Å²) in [7, 11) is 4.24. The second-order valence-electron chi connectivity index (χ2n) is 5.18. The van der Waals surface area contributed by atoms with Crippen LogP contribution in [0.1, 0.15) is 36.1 Å². The number of benzene rings is 1. The fraction of sp³-hybridized carbons (Fsp3) is 0.600. The van der Waals surface area contributed by atoms with Crippen LogP contribution < -0.4 is 5.32 Å². The van der Waals surface area contributed by atoms with Gasteiger partial charge in [0.1, 0.15) is 0 Å². The van der Waals surface area contributed by atoms with E-state index in [1.807, 2.05) is 0 Å². The van der Waals surface area contributed by atoms with Gasteiger partial charge in [0, 0.05) is 6.04 Å². The average Bonchev–Trinajstić information content (AvgIpc) is 2.27. The van der Waals surface area contributed by atoms with Crippen molar-refractivity contribution in [3.05, 3.63) is 34.9 Å².